The van der Waals surface area contributed by atoms with Crippen molar-refractivity contribution < 1.29 is 23.7 Å². The van der Waals surface area contributed by atoms with E-state index in [2.05, 4.69) is 5.32 Å². The highest BCUT2D eigenvalue weighted by Crippen LogP contribution is 2.38. The minimum atomic E-state index is -0.209. The van der Waals surface area contributed by atoms with Crippen LogP contribution in [0.25, 0.3) is 0 Å². The van der Waals surface area contributed by atoms with Gasteiger partial charge in [0.05, 0.1) is 12.1 Å². The van der Waals surface area contributed by atoms with Crippen LogP contribution in [0, 0.1) is 0 Å². The van der Waals surface area contributed by atoms with Gasteiger partial charge < -0.3 is 24.3 Å². The molecule has 138 valence electrons. The minimum absolute atomic E-state index is 0.0811. The highest BCUT2D eigenvalue weighted by atomic mass is 35.5. The van der Waals surface area contributed by atoms with E-state index in [9.17, 15) is 4.79 Å². The maximum Gasteiger partial charge on any atom is 0.257 e. The van der Waals surface area contributed by atoms with E-state index in [0.717, 1.165) is 5.56 Å². The minimum Gasteiger partial charge on any atom is -0.493 e. The SMILES string of the molecule is COc1ccccc1OCC(=O)NCCc1cc(Cl)c2c(c1)OCCO2. The Labute approximate surface area is 157 Å². The van der Waals surface area contributed by atoms with Crippen molar-refractivity contribution in [2.75, 3.05) is 33.5 Å². The Morgan fingerprint density at radius 1 is 1.19 bits per heavy atom. The predicted molar refractivity (Wildman–Crippen MR) is 97.6 cm³/mol. The fourth-order valence-corrected chi connectivity index (χ4v) is 2.88. The average Bonchev–Trinajstić information content (AvgIpc) is 2.66. The summed E-state index contributed by atoms with van der Waals surface area (Å²) >= 11 is 6.21. The van der Waals surface area contributed by atoms with Gasteiger partial charge in [0.25, 0.3) is 5.91 Å². The molecule has 0 aliphatic carbocycles. The van der Waals surface area contributed by atoms with Gasteiger partial charge in [-0.2, -0.15) is 0 Å². The number of ether oxygens (including phenoxy) is 4. The molecule has 1 N–H and O–H groups in total. The zero-order chi connectivity index (χ0) is 18.4. The molecule has 0 aromatic heterocycles. The summed E-state index contributed by atoms with van der Waals surface area (Å²) in [5.41, 5.74) is 0.963. The molecule has 0 radical (unpaired) electrons. The lowest BCUT2D eigenvalue weighted by Crippen LogP contribution is -2.30. The lowest BCUT2D eigenvalue weighted by Gasteiger charge is -2.20. The molecule has 26 heavy (non-hydrogen) atoms. The second-order valence-corrected chi connectivity index (χ2v) is 6.05. The smallest absolute Gasteiger partial charge is 0.257 e. The van der Waals surface area contributed by atoms with Crippen LogP contribution in [-0.2, 0) is 11.2 Å². The molecule has 0 spiro atoms. The summed E-state index contributed by atoms with van der Waals surface area (Å²) in [5, 5.41) is 3.34. The van der Waals surface area contributed by atoms with Crippen LogP contribution >= 0.6 is 11.6 Å². The van der Waals surface area contributed by atoms with Gasteiger partial charge in [0.1, 0.15) is 13.2 Å². The van der Waals surface area contributed by atoms with Crippen LogP contribution in [0.15, 0.2) is 36.4 Å². The van der Waals surface area contributed by atoms with Gasteiger partial charge >= 0.3 is 0 Å². The fraction of sp³-hybridized carbons (Fsp3) is 0.316. The first-order valence-electron chi connectivity index (χ1n) is 8.28. The van der Waals surface area contributed by atoms with Gasteiger partial charge in [-0.1, -0.05) is 23.7 Å². The third-order valence-corrected chi connectivity index (χ3v) is 4.10. The number of benzene rings is 2. The molecule has 6 nitrogen and oxygen atoms in total. The zero-order valence-corrected chi connectivity index (χ0v) is 15.2. The topological polar surface area (TPSA) is 66.0 Å². The van der Waals surface area contributed by atoms with Crippen LogP contribution in [0.4, 0.5) is 0 Å². The quantitative estimate of drug-likeness (QED) is 0.803. The molecule has 2 aromatic carbocycles. The Balaban J connectivity index is 1.47. The Hall–Kier alpha value is -2.60. The van der Waals surface area contributed by atoms with E-state index >= 15 is 0 Å². The molecule has 0 unspecified atom stereocenters. The molecule has 3 rings (SSSR count). The van der Waals surface area contributed by atoms with E-state index in [1.165, 1.54) is 0 Å². The number of halogens is 1. The largest absolute Gasteiger partial charge is 0.493 e. The number of methoxy groups -OCH3 is 1. The summed E-state index contributed by atoms with van der Waals surface area (Å²) in [5.74, 6) is 2.13. The molecule has 0 fully saturated rings. The molecular formula is C19H20ClNO5. The number of nitrogens with one attached hydrogen (secondary N) is 1. The Bertz CT molecular complexity index is 781. The van der Waals surface area contributed by atoms with Crippen molar-refractivity contribution in [2.24, 2.45) is 0 Å². The molecule has 1 amide bonds. The summed E-state index contributed by atoms with van der Waals surface area (Å²) in [6.45, 7) is 1.38. The van der Waals surface area contributed by atoms with Crippen molar-refractivity contribution in [3.63, 3.8) is 0 Å². The maximum absolute atomic E-state index is 12.0. The number of carbonyl (C=O) groups excluding carboxylic acids is 1. The van der Waals surface area contributed by atoms with Gasteiger partial charge in [-0.3, -0.25) is 4.79 Å². The van der Waals surface area contributed by atoms with Gasteiger partial charge in [-0.15, -0.1) is 0 Å². The van der Waals surface area contributed by atoms with Gasteiger partial charge in [0.2, 0.25) is 0 Å². The van der Waals surface area contributed by atoms with Crippen molar-refractivity contribution in [2.45, 2.75) is 6.42 Å². The van der Waals surface area contributed by atoms with Gasteiger partial charge in [-0.25, -0.2) is 0 Å². The summed E-state index contributed by atoms with van der Waals surface area (Å²) in [4.78, 5) is 12.0. The molecule has 1 heterocycles. The van der Waals surface area contributed by atoms with Crippen molar-refractivity contribution in [1.82, 2.24) is 5.32 Å². The van der Waals surface area contributed by atoms with Crippen LogP contribution in [-0.4, -0.2) is 39.4 Å². The highest BCUT2D eigenvalue weighted by Gasteiger charge is 2.16. The molecule has 0 saturated carbocycles. The first kappa shape index (κ1) is 18.2. The van der Waals surface area contributed by atoms with Crippen LogP contribution in [0.3, 0.4) is 0 Å². The van der Waals surface area contributed by atoms with Crippen molar-refractivity contribution >= 4 is 17.5 Å². The number of para-hydroxylation sites is 2. The lowest BCUT2D eigenvalue weighted by atomic mass is 10.1. The number of hydrogen-bond donors (Lipinski definition) is 1. The number of amides is 1. The van der Waals surface area contributed by atoms with Crippen molar-refractivity contribution in [1.29, 1.82) is 0 Å². The van der Waals surface area contributed by atoms with Gasteiger partial charge in [0, 0.05) is 6.54 Å². The summed E-state index contributed by atoms with van der Waals surface area (Å²) in [6.07, 6.45) is 0.622. The third kappa shape index (κ3) is 4.52. The molecule has 2 aromatic rings. The molecular weight excluding hydrogens is 358 g/mol. The number of fused-ring (bicyclic) bond motifs is 1. The summed E-state index contributed by atoms with van der Waals surface area (Å²) in [6, 6.07) is 10.9. The van der Waals surface area contributed by atoms with E-state index in [0.29, 0.717) is 54.2 Å². The van der Waals surface area contributed by atoms with Crippen LogP contribution in [0.5, 0.6) is 23.0 Å². The first-order chi connectivity index (χ1) is 12.7. The number of rotatable bonds is 7. The molecule has 7 heteroatoms. The molecule has 0 atom stereocenters. The Kier molecular flexibility index (Phi) is 6.07. The standard InChI is InChI=1S/C19H20ClNO5/c1-23-15-4-2-3-5-16(15)26-12-18(22)21-7-6-13-10-14(20)19-17(11-13)24-8-9-25-19/h2-5,10-11H,6-9,12H2,1H3,(H,21,22). The van der Waals surface area contributed by atoms with E-state index in [1.807, 2.05) is 24.3 Å². The lowest BCUT2D eigenvalue weighted by molar-refractivity contribution is -0.123. The maximum atomic E-state index is 12.0. The monoisotopic (exact) mass is 377 g/mol. The van der Waals surface area contributed by atoms with Crippen molar-refractivity contribution in [3.8, 4) is 23.0 Å². The molecule has 1 aliphatic rings. The van der Waals surface area contributed by atoms with Gasteiger partial charge in [0.15, 0.2) is 29.6 Å². The Morgan fingerprint density at radius 3 is 2.77 bits per heavy atom. The second-order valence-electron chi connectivity index (χ2n) is 5.64. The second kappa shape index (κ2) is 8.67. The number of hydrogen-bond acceptors (Lipinski definition) is 5. The van der Waals surface area contributed by atoms with Gasteiger partial charge in [-0.05, 0) is 36.2 Å². The normalized spacial score (nSPS) is 12.4. The molecule has 0 bridgehead atoms. The van der Waals surface area contributed by atoms with Crippen LogP contribution in [0.2, 0.25) is 5.02 Å². The Morgan fingerprint density at radius 2 is 1.96 bits per heavy atom. The number of carbonyl (C=O) groups is 1. The summed E-state index contributed by atoms with van der Waals surface area (Å²) in [7, 11) is 1.56. The van der Waals surface area contributed by atoms with E-state index in [-0.39, 0.29) is 12.5 Å². The van der Waals surface area contributed by atoms with Crippen LogP contribution in [0.1, 0.15) is 5.56 Å². The van der Waals surface area contributed by atoms with E-state index < -0.39 is 0 Å². The zero-order valence-electron chi connectivity index (χ0n) is 14.4. The fourth-order valence-electron chi connectivity index (χ4n) is 2.59. The highest BCUT2D eigenvalue weighted by molar-refractivity contribution is 6.32. The predicted octanol–water partition coefficient (Wildman–Crippen LogP) is 2.86. The van der Waals surface area contributed by atoms with Crippen LogP contribution < -0.4 is 24.3 Å². The summed E-state index contributed by atoms with van der Waals surface area (Å²) < 4.78 is 21.7. The third-order valence-electron chi connectivity index (χ3n) is 3.82. The molecule has 1 aliphatic heterocycles. The van der Waals surface area contributed by atoms with Crippen molar-refractivity contribution in [3.05, 3.63) is 47.0 Å². The molecule has 0 saturated heterocycles. The van der Waals surface area contributed by atoms with E-state index in [1.54, 1.807) is 19.2 Å². The first-order valence-corrected chi connectivity index (χ1v) is 8.65. The van der Waals surface area contributed by atoms with E-state index in [4.69, 9.17) is 30.5 Å². The average molecular weight is 378 g/mol.